The molecular formula is C8H7BrO2. The highest BCUT2D eigenvalue weighted by molar-refractivity contribution is 9.10. The van der Waals surface area contributed by atoms with Crippen molar-refractivity contribution in [3.63, 3.8) is 0 Å². The van der Waals surface area contributed by atoms with Crippen molar-refractivity contribution in [2.24, 2.45) is 0 Å². The number of hydrogen-bond acceptors (Lipinski definition) is 2. The Morgan fingerprint density at radius 3 is 2.64 bits per heavy atom. The number of Topliss-reactive ketones (excluding diaryl/α,β-unsaturated/α-hetero) is 1. The van der Waals surface area contributed by atoms with Gasteiger partial charge in [0.05, 0.1) is 0 Å². The molecule has 0 aliphatic rings. The van der Waals surface area contributed by atoms with E-state index in [9.17, 15) is 4.79 Å². The lowest BCUT2D eigenvalue weighted by Gasteiger charge is -1.91. The van der Waals surface area contributed by atoms with E-state index in [0.717, 1.165) is 0 Å². The predicted octanol–water partition coefficient (Wildman–Crippen LogP) is 2.80. The lowest BCUT2D eigenvalue weighted by atomic mass is 10.2. The van der Waals surface area contributed by atoms with Gasteiger partial charge in [-0.3, -0.25) is 4.79 Å². The van der Waals surface area contributed by atoms with Crippen LogP contribution in [-0.4, -0.2) is 5.78 Å². The maximum atomic E-state index is 11.1. The fraction of sp³-hybridized carbons (Fsp3) is 0.125. The zero-order valence-corrected chi connectivity index (χ0v) is 7.64. The quantitative estimate of drug-likeness (QED) is 0.560. The van der Waals surface area contributed by atoms with Gasteiger partial charge in [-0.2, -0.15) is 0 Å². The van der Waals surface area contributed by atoms with Gasteiger partial charge < -0.3 is 4.42 Å². The van der Waals surface area contributed by atoms with E-state index in [1.807, 2.05) is 0 Å². The Morgan fingerprint density at radius 1 is 1.64 bits per heavy atom. The average molecular weight is 215 g/mol. The molecule has 0 amide bonds. The van der Waals surface area contributed by atoms with Crippen molar-refractivity contribution in [1.82, 2.24) is 0 Å². The highest BCUT2D eigenvalue weighted by Crippen LogP contribution is 2.16. The maximum absolute atomic E-state index is 11.1. The highest BCUT2D eigenvalue weighted by Gasteiger charge is 2.09. The minimum atomic E-state index is -0.157. The summed E-state index contributed by atoms with van der Waals surface area (Å²) >= 11 is 3.10. The van der Waals surface area contributed by atoms with Crippen LogP contribution in [0.1, 0.15) is 17.5 Å². The van der Waals surface area contributed by atoms with Crippen LogP contribution in [0.3, 0.4) is 0 Å². The second kappa shape index (κ2) is 3.05. The molecule has 0 aliphatic heterocycles. The van der Waals surface area contributed by atoms with E-state index in [1.54, 1.807) is 19.1 Å². The Bertz CT molecular complexity index is 299. The number of hydrogen-bond donors (Lipinski definition) is 0. The van der Waals surface area contributed by atoms with E-state index >= 15 is 0 Å². The minimum absolute atomic E-state index is 0.157. The molecule has 1 heterocycles. The molecule has 58 valence electrons. The average Bonchev–Trinajstić information content (AvgIpc) is 2.34. The van der Waals surface area contributed by atoms with E-state index in [4.69, 9.17) is 4.42 Å². The van der Waals surface area contributed by atoms with Crippen molar-refractivity contribution in [2.75, 3.05) is 0 Å². The first-order valence-electron chi connectivity index (χ1n) is 3.07. The third-order valence-corrected chi connectivity index (χ3v) is 1.61. The van der Waals surface area contributed by atoms with Crippen LogP contribution in [-0.2, 0) is 0 Å². The predicted molar refractivity (Wildman–Crippen MR) is 45.6 cm³/mol. The van der Waals surface area contributed by atoms with Crippen LogP contribution >= 0.6 is 15.9 Å². The standard InChI is InChI=1S/C8H7BrO2/c1-5(2)8(10)6-3-4-7(9)11-6/h3-4H,1H2,2H3. The molecule has 3 heteroatoms. The molecule has 0 N–H and O–H groups in total. The monoisotopic (exact) mass is 214 g/mol. The smallest absolute Gasteiger partial charge is 0.223 e. The zero-order chi connectivity index (χ0) is 8.43. The fourth-order valence-corrected chi connectivity index (χ4v) is 0.953. The first kappa shape index (κ1) is 8.27. The lowest BCUT2D eigenvalue weighted by molar-refractivity contribution is 0.100. The number of furan rings is 1. The Hall–Kier alpha value is -0.830. The molecule has 1 rings (SSSR count). The number of rotatable bonds is 2. The second-order valence-electron chi connectivity index (χ2n) is 2.21. The molecule has 0 saturated heterocycles. The summed E-state index contributed by atoms with van der Waals surface area (Å²) in [5.74, 6) is 0.167. The summed E-state index contributed by atoms with van der Waals surface area (Å²) in [7, 11) is 0. The first-order chi connectivity index (χ1) is 5.11. The Kier molecular flexibility index (Phi) is 2.29. The number of halogens is 1. The van der Waals surface area contributed by atoms with Gasteiger partial charge in [-0.05, 0) is 40.6 Å². The summed E-state index contributed by atoms with van der Waals surface area (Å²) in [6.07, 6.45) is 0. The minimum Gasteiger partial charge on any atom is -0.446 e. The van der Waals surface area contributed by atoms with Gasteiger partial charge >= 0.3 is 0 Å². The van der Waals surface area contributed by atoms with Gasteiger partial charge in [-0.15, -0.1) is 0 Å². The normalized spacial score (nSPS) is 9.64. The second-order valence-corrected chi connectivity index (χ2v) is 2.99. The van der Waals surface area contributed by atoms with Crippen molar-refractivity contribution in [1.29, 1.82) is 0 Å². The van der Waals surface area contributed by atoms with Crippen LogP contribution < -0.4 is 0 Å². The summed E-state index contributed by atoms with van der Waals surface area (Å²) in [4.78, 5) is 11.1. The van der Waals surface area contributed by atoms with Crippen LogP contribution in [0.4, 0.5) is 0 Å². The molecule has 11 heavy (non-hydrogen) atoms. The van der Waals surface area contributed by atoms with Gasteiger partial charge in [0.1, 0.15) is 0 Å². The van der Waals surface area contributed by atoms with Gasteiger partial charge in [0.2, 0.25) is 5.78 Å². The Morgan fingerprint density at radius 2 is 2.27 bits per heavy atom. The fourth-order valence-electron chi connectivity index (χ4n) is 0.647. The molecule has 0 radical (unpaired) electrons. The van der Waals surface area contributed by atoms with Gasteiger partial charge in [0, 0.05) is 0 Å². The summed E-state index contributed by atoms with van der Waals surface area (Å²) in [6.45, 7) is 5.17. The van der Waals surface area contributed by atoms with Crippen LogP contribution in [0.2, 0.25) is 0 Å². The molecule has 1 aromatic heterocycles. The molecule has 1 aromatic rings. The number of carbonyl (C=O) groups is 1. The lowest BCUT2D eigenvalue weighted by Crippen LogP contribution is -1.96. The molecule has 0 aliphatic carbocycles. The van der Waals surface area contributed by atoms with Crippen molar-refractivity contribution in [3.05, 3.63) is 34.7 Å². The molecule has 2 nitrogen and oxygen atoms in total. The number of ketones is 1. The van der Waals surface area contributed by atoms with Crippen molar-refractivity contribution >= 4 is 21.7 Å². The van der Waals surface area contributed by atoms with Crippen molar-refractivity contribution in [2.45, 2.75) is 6.92 Å². The molecule has 0 spiro atoms. The molecule has 0 aromatic carbocycles. The molecular weight excluding hydrogens is 208 g/mol. The van der Waals surface area contributed by atoms with Gasteiger partial charge in [0.25, 0.3) is 0 Å². The zero-order valence-electron chi connectivity index (χ0n) is 6.06. The van der Waals surface area contributed by atoms with Gasteiger partial charge in [-0.1, -0.05) is 6.58 Å². The number of carbonyl (C=O) groups excluding carboxylic acids is 1. The molecule has 0 atom stereocenters. The summed E-state index contributed by atoms with van der Waals surface area (Å²) < 4.78 is 5.57. The van der Waals surface area contributed by atoms with Crippen LogP contribution in [0.15, 0.2) is 33.4 Å². The van der Waals surface area contributed by atoms with Crippen molar-refractivity contribution < 1.29 is 9.21 Å². The van der Waals surface area contributed by atoms with E-state index < -0.39 is 0 Å². The molecule has 0 unspecified atom stereocenters. The van der Waals surface area contributed by atoms with Gasteiger partial charge in [-0.25, -0.2) is 0 Å². The van der Waals surface area contributed by atoms with E-state index in [1.165, 1.54) is 0 Å². The summed E-state index contributed by atoms with van der Waals surface area (Å²) in [5, 5.41) is 0. The van der Waals surface area contributed by atoms with E-state index in [2.05, 4.69) is 22.5 Å². The highest BCUT2D eigenvalue weighted by atomic mass is 79.9. The van der Waals surface area contributed by atoms with E-state index in [-0.39, 0.29) is 5.78 Å². The van der Waals surface area contributed by atoms with Crippen molar-refractivity contribution in [3.8, 4) is 0 Å². The van der Waals surface area contributed by atoms with E-state index in [0.29, 0.717) is 16.0 Å². The van der Waals surface area contributed by atoms with Crippen LogP contribution in [0, 0.1) is 0 Å². The Labute approximate surface area is 73.0 Å². The number of allylic oxidation sites excluding steroid dienone is 1. The largest absolute Gasteiger partial charge is 0.446 e. The SMILES string of the molecule is C=C(C)C(=O)c1ccc(Br)o1. The molecule has 0 saturated carbocycles. The maximum Gasteiger partial charge on any atom is 0.223 e. The van der Waals surface area contributed by atoms with Crippen LogP contribution in [0.25, 0.3) is 0 Å². The first-order valence-corrected chi connectivity index (χ1v) is 3.86. The third kappa shape index (κ3) is 1.80. The van der Waals surface area contributed by atoms with Gasteiger partial charge in [0.15, 0.2) is 10.4 Å². The summed E-state index contributed by atoms with van der Waals surface area (Å²) in [6, 6.07) is 3.29. The Balaban J connectivity index is 2.94. The summed E-state index contributed by atoms with van der Waals surface area (Å²) in [5.41, 5.74) is 0.479. The van der Waals surface area contributed by atoms with Crippen LogP contribution in [0.5, 0.6) is 0 Å². The molecule has 0 bridgehead atoms. The molecule has 0 fully saturated rings. The topological polar surface area (TPSA) is 30.2 Å². The third-order valence-electron chi connectivity index (χ3n) is 1.18.